The quantitative estimate of drug-likeness (QED) is 0.339. The Kier molecular flexibility index (Phi) is 8.09. The minimum absolute atomic E-state index is 0.0236. The van der Waals surface area contributed by atoms with Crippen molar-refractivity contribution in [1.82, 2.24) is 5.32 Å². The number of anilines is 1. The Labute approximate surface area is 174 Å². The third-order valence-corrected chi connectivity index (χ3v) is 4.15. The first kappa shape index (κ1) is 22.3. The lowest BCUT2D eigenvalue weighted by atomic mass is 10.2. The molecule has 0 heterocycles. The summed E-state index contributed by atoms with van der Waals surface area (Å²) in [5.41, 5.74) is 1.11. The Hall–Kier alpha value is -3.00. The van der Waals surface area contributed by atoms with Crippen molar-refractivity contribution < 1.29 is 19.2 Å². The molecule has 1 amide bonds. The lowest BCUT2D eigenvalue weighted by Crippen LogP contribution is -2.28. The number of nitro groups is 1. The van der Waals surface area contributed by atoms with Crippen LogP contribution in [-0.4, -0.2) is 37.6 Å². The standard InChI is InChI=1S/C20H24ClN3O5/c1-13(2)12-29-19-17(21)10-14(11-18(19)28-3)20(25)23-9-8-22-15-4-6-16(7-5-15)24(26)27/h4-7,10-11,13,22H,8-9,12H2,1-3H3,(H,23,25). The monoisotopic (exact) mass is 421 g/mol. The molecule has 9 heteroatoms. The molecule has 2 aromatic rings. The van der Waals surface area contributed by atoms with E-state index in [1.807, 2.05) is 13.8 Å². The number of amides is 1. The minimum atomic E-state index is -0.456. The number of carbonyl (C=O) groups excluding carboxylic acids is 1. The van der Waals surface area contributed by atoms with E-state index in [9.17, 15) is 14.9 Å². The van der Waals surface area contributed by atoms with E-state index in [-0.39, 0.29) is 11.6 Å². The largest absolute Gasteiger partial charge is 0.493 e. The molecule has 2 rings (SSSR count). The molecule has 0 unspecified atom stereocenters. The van der Waals surface area contributed by atoms with E-state index in [1.165, 1.54) is 19.2 Å². The van der Waals surface area contributed by atoms with Crippen LogP contribution in [0.2, 0.25) is 5.02 Å². The zero-order valence-electron chi connectivity index (χ0n) is 16.5. The third-order valence-electron chi connectivity index (χ3n) is 3.87. The second-order valence-electron chi connectivity index (χ2n) is 6.68. The number of methoxy groups -OCH3 is 1. The summed E-state index contributed by atoms with van der Waals surface area (Å²) in [4.78, 5) is 22.6. The van der Waals surface area contributed by atoms with Gasteiger partial charge in [-0.05, 0) is 30.2 Å². The van der Waals surface area contributed by atoms with E-state index >= 15 is 0 Å². The zero-order chi connectivity index (χ0) is 21.4. The van der Waals surface area contributed by atoms with Gasteiger partial charge in [-0.15, -0.1) is 0 Å². The van der Waals surface area contributed by atoms with Crippen molar-refractivity contribution in [2.75, 3.05) is 32.1 Å². The molecule has 0 aromatic heterocycles. The molecular formula is C20H24ClN3O5. The minimum Gasteiger partial charge on any atom is -0.493 e. The molecule has 0 spiro atoms. The molecule has 0 fully saturated rings. The smallest absolute Gasteiger partial charge is 0.269 e. The van der Waals surface area contributed by atoms with Crippen LogP contribution in [0.4, 0.5) is 11.4 Å². The van der Waals surface area contributed by atoms with Crippen LogP contribution in [0.15, 0.2) is 36.4 Å². The molecule has 2 aromatic carbocycles. The third kappa shape index (κ3) is 6.53. The number of ether oxygens (including phenoxy) is 2. The van der Waals surface area contributed by atoms with E-state index in [1.54, 1.807) is 24.3 Å². The van der Waals surface area contributed by atoms with Crippen LogP contribution in [0.5, 0.6) is 11.5 Å². The number of benzene rings is 2. The second kappa shape index (κ2) is 10.5. The molecular weight excluding hydrogens is 398 g/mol. The molecule has 156 valence electrons. The Bertz CT molecular complexity index is 856. The molecule has 0 aliphatic carbocycles. The van der Waals surface area contributed by atoms with E-state index < -0.39 is 4.92 Å². The second-order valence-corrected chi connectivity index (χ2v) is 7.09. The Balaban J connectivity index is 1.91. The van der Waals surface area contributed by atoms with Crippen LogP contribution in [-0.2, 0) is 0 Å². The van der Waals surface area contributed by atoms with E-state index in [4.69, 9.17) is 21.1 Å². The van der Waals surface area contributed by atoms with Gasteiger partial charge in [-0.1, -0.05) is 25.4 Å². The van der Waals surface area contributed by atoms with Crippen LogP contribution in [0.3, 0.4) is 0 Å². The SMILES string of the molecule is COc1cc(C(=O)NCCNc2ccc([N+](=O)[O-])cc2)cc(Cl)c1OCC(C)C. The first-order chi connectivity index (χ1) is 13.8. The Morgan fingerprint density at radius 3 is 2.48 bits per heavy atom. The average Bonchev–Trinajstić information content (AvgIpc) is 2.69. The number of hydrogen-bond acceptors (Lipinski definition) is 6. The number of non-ortho nitro benzene ring substituents is 1. The van der Waals surface area contributed by atoms with Gasteiger partial charge in [0.25, 0.3) is 11.6 Å². The maximum absolute atomic E-state index is 12.4. The van der Waals surface area contributed by atoms with E-state index in [0.29, 0.717) is 47.7 Å². The summed E-state index contributed by atoms with van der Waals surface area (Å²) >= 11 is 6.27. The molecule has 0 saturated carbocycles. The summed E-state index contributed by atoms with van der Waals surface area (Å²) in [6, 6.07) is 9.18. The molecule has 0 atom stereocenters. The number of halogens is 1. The van der Waals surface area contributed by atoms with Crippen LogP contribution < -0.4 is 20.1 Å². The molecule has 0 aliphatic rings. The van der Waals surface area contributed by atoms with Gasteiger partial charge in [0, 0.05) is 36.5 Å². The zero-order valence-corrected chi connectivity index (χ0v) is 17.3. The molecule has 0 aliphatic heterocycles. The van der Waals surface area contributed by atoms with Crippen LogP contribution in [0, 0.1) is 16.0 Å². The highest BCUT2D eigenvalue weighted by Gasteiger charge is 2.16. The number of hydrogen-bond donors (Lipinski definition) is 2. The van der Waals surface area contributed by atoms with Crippen LogP contribution in [0.1, 0.15) is 24.2 Å². The predicted molar refractivity (Wildman–Crippen MR) is 112 cm³/mol. The average molecular weight is 422 g/mol. The highest BCUT2D eigenvalue weighted by atomic mass is 35.5. The highest BCUT2D eigenvalue weighted by Crippen LogP contribution is 2.36. The van der Waals surface area contributed by atoms with Gasteiger partial charge in [0.2, 0.25) is 0 Å². The predicted octanol–water partition coefficient (Wildman–Crippen LogP) is 4.13. The lowest BCUT2D eigenvalue weighted by molar-refractivity contribution is -0.384. The summed E-state index contributed by atoms with van der Waals surface area (Å²) < 4.78 is 11.0. The van der Waals surface area contributed by atoms with Crippen molar-refractivity contribution in [3.8, 4) is 11.5 Å². The van der Waals surface area contributed by atoms with Crippen LogP contribution in [0.25, 0.3) is 0 Å². The number of nitro benzene ring substituents is 1. The summed E-state index contributed by atoms with van der Waals surface area (Å²) in [5, 5.41) is 16.8. The van der Waals surface area contributed by atoms with Gasteiger partial charge in [-0.2, -0.15) is 0 Å². The van der Waals surface area contributed by atoms with Crippen molar-refractivity contribution in [1.29, 1.82) is 0 Å². The van der Waals surface area contributed by atoms with Crippen molar-refractivity contribution in [2.24, 2.45) is 5.92 Å². The van der Waals surface area contributed by atoms with Crippen molar-refractivity contribution in [3.05, 3.63) is 57.1 Å². The molecule has 2 N–H and O–H groups in total. The summed E-state index contributed by atoms with van der Waals surface area (Å²) in [7, 11) is 1.49. The number of nitrogens with one attached hydrogen (secondary N) is 2. The van der Waals surface area contributed by atoms with Gasteiger partial charge < -0.3 is 20.1 Å². The fraction of sp³-hybridized carbons (Fsp3) is 0.350. The van der Waals surface area contributed by atoms with E-state index in [2.05, 4.69) is 10.6 Å². The molecule has 0 saturated heterocycles. The fourth-order valence-corrected chi connectivity index (χ4v) is 2.69. The number of rotatable bonds is 10. The topological polar surface area (TPSA) is 103 Å². The molecule has 0 bridgehead atoms. The van der Waals surface area contributed by atoms with E-state index in [0.717, 1.165) is 5.69 Å². The molecule has 29 heavy (non-hydrogen) atoms. The molecule has 8 nitrogen and oxygen atoms in total. The van der Waals surface area contributed by atoms with Gasteiger partial charge in [0.05, 0.1) is 23.7 Å². The summed E-state index contributed by atoms with van der Waals surface area (Å²) in [6.07, 6.45) is 0. The first-order valence-electron chi connectivity index (χ1n) is 9.08. The van der Waals surface area contributed by atoms with Gasteiger partial charge in [-0.3, -0.25) is 14.9 Å². The molecule has 0 radical (unpaired) electrons. The Morgan fingerprint density at radius 2 is 1.90 bits per heavy atom. The first-order valence-corrected chi connectivity index (χ1v) is 9.46. The van der Waals surface area contributed by atoms with Gasteiger partial charge in [-0.25, -0.2) is 0 Å². The van der Waals surface area contributed by atoms with Crippen molar-refractivity contribution >= 4 is 28.9 Å². The highest BCUT2D eigenvalue weighted by molar-refractivity contribution is 6.32. The number of nitrogens with zero attached hydrogens (tertiary/aromatic N) is 1. The summed E-state index contributed by atoms with van der Waals surface area (Å²) in [5.74, 6) is 0.833. The normalized spacial score (nSPS) is 10.5. The van der Waals surface area contributed by atoms with Gasteiger partial charge in [0.15, 0.2) is 11.5 Å². The van der Waals surface area contributed by atoms with Crippen molar-refractivity contribution in [3.63, 3.8) is 0 Å². The summed E-state index contributed by atoms with van der Waals surface area (Å²) in [6.45, 7) is 5.32. The maximum Gasteiger partial charge on any atom is 0.269 e. The fourth-order valence-electron chi connectivity index (χ4n) is 2.43. The van der Waals surface area contributed by atoms with Gasteiger partial charge >= 0.3 is 0 Å². The Morgan fingerprint density at radius 1 is 1.21 bits per heavy atom. The maximum atomic E-state index is 12.4. The van der Waals surface area contributed by atoms with Crippen molar-refractivity contribution in [2.45, 2.75) is 13.8 Å². The number of carbonyl (C=O) groups is 1. The van der Waals surface area contributed by atoms with Gasteiger partial charge in [0.1, 0.15) is 0 Å². The van der Waals surface area contributed by atoms with Crippen LogP contribution >= 0.6 is 11.6 Å². The lowest BCUT2D eigenvalue weighted by Gasteiger charge is -2.15.